The number of nitrogens with one attached hydrogen (secondary N) is 1. The number of imidazole rings is 1. The van der Waals surface area contributed by atoms with Crippen molar-refractivity contribution in [3.05, 3.63) is 48.3 Å². The van der Waals surface area contributed by atoms with Crippen LogP contribution in [0.15, 0.2) is 37.1 Å². The number of hydrogen-bond donors (Lipinski definition) is 1. The Hall–Kier alpha value is -2.23. The predicted molar refractivity (Wildman–Crippen MR) is 86.1 cm³/mol. The normalized spacial score (nSPS) is 10.4. The van der Waals surface area contributed by atoms with E-state index < -0.39 is 0 Å². The summed E-state index contributed by atoms with van der Waals surface area (Å²) in [5, 5.41) is 3.27. The third kappa shape index (κ3) is 2.85. The van der Waals surface area contributed by atoms with Gasteiger partial charge in [0.2, 0.25) is 5.95 Å². The summed E-state index contributed by atoms with van der Waals surface area (Å²) < 4.78 is 2.07. The summed E-state index contributed by atoms with van der Waals surface area (Å²) in [5.41, 5.74) is 4.56. The third-order valence-corrected chi connectivity index (χ3v) is 3.18. The van der Waals surface area contributed by atoms with Gasteiger partial charge in [0.1, 0.15) is 0 Å². The molecule has 2 aromatic rings. The molecule has 0 bridgehead atoms. The van der Waals surface area contributed by atoms with E-state index in [4.69, 9.17) is 0 Å². The van der Waals surface area contributed by atoms with Crippen molar-refractivity contribution in [2.45, 2.75) is 13.8 Å². The van der Waals surface area contributed by atoms with Gasteiger partial charge in [0.25, 0.3) is 0 Å². The van der Waals surface area contributed by atoms with E-state index in [-0.39, 0.29) is 0 Å². The summed E-state index contributed by atoms with van der Waals surface area (Å²) in [7, 11) is 4.12. The average Bonchev–Trinajstić information content (AvgIpc) is 2.77. The molecule has 0 radical (unpaired) electrons. The highest BCUT2D eigenvalue weighted by Crippen LogP contribution is 2.24. The number of nitrogens with zero attached hydrogens (tertiary/aromatic N) is 3. The SMILES string of the molecule is C=CCNc1nc(C)cn1-c1ccc(C)c(N(C)C)c1. The summed E-state index contributed by atoms with van der Waals surface area (Å²) in [6.07, 6.45) is 3.87. The van der Waals surface area contributed by atoms with Crippen molar-refractivity contribution in [3.63, 3.8) is 0 Å². The van der Waals surface area contributed by atoms with Gasteiger partial charge < -0.3 is 10.2 Å². The fourth-order valence-corrected chi connectivity index (χ4v) is 2.21. The van der Waals surface area contributed by atoms with Crippen LogP contribution in [-0.4, -0.2) is 30.2 Å². The maximum Gasteiger partial charge on any atom is 0.207 e. The Kier molecular flexibility index (Phi) is 4.13. The van der Waals surface area contributed by atoms with Crippen molar-refractivity contribution in [2.24, 2.45) is 0 Å². The van der Waals surface area contributed by atoms with Crippen LogP contribution in [0.5, 0.6) is 0 Å². The summed E-state index contributed by atoms with van der Waals surface area (Å²) >= 11 is 0. The minimum Gasteiger partial charge on any atom is -0.377 e. The monoisotopic (exact) mass is 270 g/mol. The quantitative estimate of drug-likeness (QED) is 0.847. The van der Waals surface area contributed by atoms with E-state index in [1.54, 1.807) is 0 Å². The average molecular weight is 270 g/mol. The van der Waals surface area contributed by atoms with Crippen LogP contribution in [0.4, 0.5) is 11.6 Å². The standard InChI is InChI=1S/C16H22N4/c1-6-9-17-16-18-13(3)11-20(16)14-8-7-12(2)15(10-14)19(4)5/h6-8,10-11H,1,9H2,2-5H3,(H,17,18). The number of benzene rings is 1. The molecule has 1 heterocycles. The number of aromatic nitrogens is 2. The van der Waals surface area contributed by atoms with Crippen LogP contribution in [0.1, 0.15) is 11.3 Å². The zero-order valence-corrected chi connectivity index (χ0v) is 12.6. The first-order chi connectivity index (χ1) is 9.52. The zero-order chi connectivity index (χ0) is 14.7. The van der Waals surface area contributed by atoms with Crippen molar-refractivity contribution in [3.8, 4) is 5.69 Å². The Morgan fingerprint density at radius 2 is 2.10 bits per heavy atom. The molecule has 0 amide bonds. The van der Waals surface area contributed by atoms with Gasteiger partial charge in [-0.2, -0.15) is 0 Å². The van der Waals surface area contributed by atoms with Gasteiger partial charge in [-0.05, 0) is 31.5 Å². The topological polar surface area (TPSA) is 33.1 Å². The first kappa shape index (κ1) is 14.2. The molecule has 0 aliphatic rings. The summed E-state index contributed by atoms with van der Waals surface area (Å²) in [6, 6.07) is 6.43. The van der Waals surface area contributed by atoms with E-state index in [1.165, 1.54) is 11.3 Å². The molecule has 0 fully saturated rings. The Morgan fingerprint density at radius 3 is 2.75 bits per heavy atom. The predicted octanol–water partition coefficient (Wildman–Crippen LogP) is 3.15. The largest absolute Gasteiger partial charge is 0.377 e. The van der Waals surface area contributed by atoms with Crippen molar-refractivity contribution in [1.82, 2.24) is 9.55 Å². The Labute approximate surface area is 120 Å². The van der Waals surface area contributed by atoms with Gasteiger partial charge in [-0.1, -0.05) is 12.1 Å². The van der Waals surface area contributed by atoms with E-state index in [1.807, 2.05) is 19.2 Å². The van der Waals surface area contributed by atoms with Gasteiger partial charge in [0.15, 0.2) is 0 Å². The number of rotatable bonds is 5. The second kappa shape index (κ2) is 5.82. The summed E-state index contributed by atoms with van der Waals surface area (Å²) in [6.45, 7) is 8.54. The van der Waals surface area contributed by atoms with Gasteiger partial charge >= 0.3 is 0 Å². The Morgan fingerprint density at radius 1 is 1.35 bits per heavy atom. The maximum absolute atomic E-state index is 4.51. The van der Waals surface area contributed by atoms with Crippen LogP contribution in [0.3, 0.4) is 0 Å². The van der Waals surface area contributed by atoms with Crippen LogP contribution in [0.2, 0.25) is 0 Å². The van der Waals surface area contributed by atoms with Gasteiger partial charge in [-0.15, -0.1) is 6.58 Å². The van der Waals surface area contributed by atoms with Gasteiger partial charge in [0.05, 0.1) is 11.4 Å². The van der Waals surface area contributed by atoms with Crippen molar-refractivity contribution < 1.29 is 0 Å². The molecule has 1 aromatic carbocycles. The molecule has 4 heteroatoms. The summed E-state index contributed by atoms with van der Waals surface area (Å²) in [4.78, 5) is 6.64. The molecule has 1 N–H and O–H groups in total. The second-order valence-corrected chi connectivity index (χ2v) is 5.11. The number of aryl methyl sites for hydroxylation is 2. The van der Waals surface area contributed by atoms with E-state index in [9.17, 15) is 0 Å². The molecule has 0 unspecified atom stereocenters. The fourth-order valence-electron chi connectivity index (χ4n) is 2.21. The molecule has 106 valence electrons. The van der Waals surface area contributed by atoms with E-state index in [2.05, 4.69) is 65.6 Å². The van der Waals surface area contributed by atoms with Gasteiger partial charge in [0, 0.05) is 32.5 Å². The lowest BCUT2D eigenvalue weighted by Crippen LogP contribution is -2.11. The van der Waals surface area contributed by atoms with Crippen molar-refractivity contribution in [2.75, 3.05) is 30.9 Å². The highest BCUT2D eigenvalue weighted by Gasteiger charge is 2.09. The van der Waals surface area contributed by atoms with Gasteiger partial charge in [-0.3, -0.25) is 4.57 Å². The van der Waals surface area contributed by atoms with Crippen LogP contribution in [-0.2, 0) is 0 Å². The summed E-state index contributed by atoms with van der Waals surface area (Å²) in [5.74, 6) is 0.843. The first-order valence-electron chi connectivity index (χ1n) is 6.72. The lowest BCUT2D eigenvalue weighted by atomic mass is 10.1. The molecule has 2 rings (SSSR count). The maximum atomic E-state index is 4.51. The minimum absolute atomic E-state index is 0.697. The minimum atomic E-state index is 0.697. The molecular formula is C16H22N4. The molecule has 0 saturated carbocycles. The number of anilines is 2. The van der Waals surface area contributed by atoms with Crippen LogP contribution in [0, 0.1) is 13.8 Å². The Bertz CT molecular complexity index is 611. The first-order valence-corrected chi connectivity index (χ1v) is 6.72. The highest BCUT2D eigenvalue weighted by molar-refractivity contribution is 5.59. The van der Waals surface area contributed by atoms with Crippen molar-refractivity contribution >= 4 is 11.6 Å². The molecule has 0 aliphatic carbocycles. The fraction of sp³-hybridized carbons (Fsp3) is 0.312. The molecule has 0 spiro atoms. The van der Waals surface area contributed by atoms with Gasteiger partial charge in [-0.25, -0.2) is 4.98 Å². The second-order valence-electron chi connectivity index (χ2n) is 5.11. The van der Waals surface area contributed by atoms with Crippen LogP contribution in [0.25, 0.3) is 5.69 Å². The molecule has 0 saturated heterocycles. The van der Waals surface area contributed by atoms with E-state index >= 15 is 0 Å². The number of hydrogen-bond acceptors (Lipinski definition) is 3. The highest BCUT2D eigenvalue weighted by atomic mass is 15.2. The Balaban J connectivity index is 2.45. The van der Waals surface area contributed by atoms with Crippen LogP contribution >= 0.6 is 0 Å². The van der Waals surface area contributed by atoms with Crippen molar-refractivity contribution in [1.29, 1.82) is 0 Å². The van der Waals surface area contributed by atoms with E-state index in [0.717, 1.165) is 17.3 Å². The smallest absolute Gasteiger partial charge is 0.207 e. The van der Waals surface area contributed by atoms with E-state index in [0.29, 0.717) is 6.54 Å². The molecular weight excluding hydrogens is 248 g/mol. The molecule has 20 heavy (non-hydrogen) atoms. The molecule has 0 atom stereocenters. The molecule has 1 aromatic heterocycles. The lowest BCUT2D eigenvalue weighted by Gasteiger charge is -2.18. The molecule has 4 nitrogen and oxygen atoms in total. The van der Waals surface area contributed by atoms with Crippen LogP contribution < -0.4 is 10.2 Å². The molecule has 0 aliphatic heterocycles. The zero-order valence-electron chi connectivity index (χ0n) is 12.6. The third-order valence-electron chi connectivity index (χ3n) is 3.18. The lowest BCUT2D eigenvalue weighted by molar-refractivity contribution is 1.03.